The predicted octanol–water partition coefficient (Wildman–Crippen LogP) is 4.80. The monoisotopic (exact) mass is 284 g/mol. The SMILES string of the molecule is CCCOc1ccc(CCCOc2ccc(C)cc2)cc1. The van der Waals surface area contributed by atoms with Crippen LogP contribution in [0.25, 0.3) is 0 Å². The molecular formula is C19H24O2. The second-order valence-corrected chi connectivity index (χ2v) is 5.26. The lowest BCUT2D eigenvalue weighted by molar-refractivity contribution is 0.310. The highest BCUT2D eigenvalue weighted by atomic mass is 16.5. The van der Waals surface area contributed by atoms with E-state index in [0.29, 0.717) is 0 Å². The highest BCUT2D eigenvalue weighted by Crippen LogP contribution is 2.15. The number of hydrogen-bond acceptors (Lipinski definition) is 2. The maximum atomic E-state index is 5.73. The van der Waals surface area contributed by atoms with E-state index in [9.17, 15) is 0 Å². The molecule has 2 heteroatoms. The summed E-state index contributed by atoms with van der Waals surface area (Å²) < 4.78 is 11.3. The van der Waals surface area contributed by atoms with Gasteiger partial charge in [-0.15, -0.1) is 0 Å². The number of aryl methyl sites for hydroxylation is 2. The molecule has 0 heterocycles. The van der Waals surface area contributed by atoms with Gasteiger partial charge in [-0.2, -0.15) is 0 Å². The molecule has 0 saturated carbocycles. The van der Waals surface area contributed by atoms with Gasteiger partial charge in [-0.3, -0.25) is 0 Å². The van der Waals surface area contributed by atoms with Crippen molar-refractivity contribution in [3.05, 3.63) is 59.7 Å². The van der Waals surface area contributed by atoms with Crippen LogP contribution in [0.4, 0.5) is 0 Å². The minimum absolute atomic E-state index is 0.747. The van der Waals surface area contributed by atoms with Gasteiger partial charge in [0.15, 0.2) is 0 Å². The van der Waals surface area contributed by atoms with Gasteiger partial charge in [0.05, 0.1) is 13.2 Å². The van der Waals surface area contributed by atoms with Gasteiger partial charge in [0.2, 0.25) is 0 Å². The molecule has 0 saturated heterocycles. The second kappa shape index (κ2) is 8.35. The molecule has 0 unspecified atom stereocenters. The van der Waals surface area contributed by atoms with Crippen molar-refractivity contribution in [3.63, 3.8) is 0 Å². The molecule has 0 aliphatic carbocycles. The third kappa shape index (κ3) is 5.50. The molecule has 0 aliphatic rings. The van der Waals surface area contributed by atoms with Crippen molar-refractivity contribution < 1.29 is 9.47 Å². The molecule has 0 amide bonds. The summed E-state index contributed by atoms with van der Waals surface area (Å²) in [7, 11) is 0. The summed E-state index contributed by atoms with van der Waals surface area (Å²) >= 11 is 0. The van der Waals surface area contributed by atoms with Crippen LogP contribution in [0, 0.1) is 6.92 Å². The zero-order valence-electron chi connectivity index (χ0n) is 13.0. The van der Waals surface area contributed by atoms with Crippen LogP contribution in [0.5, 0.6) is 11.5 Å². The van der Waals surface area contributed by atoms with Gasteiger partial charge in [0, 0.05) is 0 Å². The van der Waals surface area contributed by atoms with E-state index in [4.69, 9.17) is 9.47 Å². The standard InChI is InChI=1S/C19H24O2/c1-3-14-20-19-12-8-17(9-13-19)5-4-15-21-18-10-6-16(2)7-11-18/h6-13H,3-5,14-15H2,1-2H3. The molecular weight excluding hydrogens is 260 g/mol. The average Bonchev–Trinajstić information content (AvgIpc) is 2.52. The summed E-state index contributed by atoms with van der Waals surface area (Å²) in [6, 6.07) is 16.6. The summed E-state index contributed by atoms with van der Waals surface area (Å²) in [6.07, 6.45) is 3.08. The maximum Gasteiger partial charge on any atom is 0.119 e. The summed E-state index contributed by atoms with van der Waals surface area (Å²) in [5, 5.41) is 0. The van der Waals surface area contributed by atoms with Gasteiger partial charge in [-0.1, -0.05) is 36.8 Å². The van der Waals surface area contributed by atoms with E-state index in [1.165, 1.54) is 11.1 Å². The van der Waals surface area contributed by atoms with Gasteiger partial charge in [0.25, 0.3) is 0 Å². The smallest absolute Gasteiger partial charge is 0.119 e. The summed E-state index contributed by atoms with van der Waals surface area (Å²) in [5.41, 5.74) is 2.58. The van der Waals surface area contributed by atoms with E-state index >= 15 is 0 Å². The lowest BCUT2D eigenvalue weighted by Crippen LogP contribution is -1.99. The molecule has 2 aromatic rings. The summed E-state index contributed by atoms with van der Waals surface area (Å²) in [6.45, 7) is 5.72. The topological polar surface area (TPSA) is 18.5 Å². The lowest BCUT2D eigenvalue weighted by atomic mass is 10.1. The Balaban J connectivity index is 1.69. The average molecular weight is 284 g/mol. The highest BCUT2D eigenvalue weighted by molar-refractivity contribution is 5.28. The molecule has 0 radical (unpaired) electrons. The van der Waals surface area contributed by atoms with Crippen LogP contribution in [-0.4, -0.2) is 13.2 Å². The minimum Gasteiger partial charge on any atom is -0.494 e. The Morgan fingerprint density at radius 1 is 0.762 bits per heavy atom. The van der Waals surface area contributed by atoms with Crippen LogP contribution in [0.15, 0.2) is 48.5 Å². The molecule has 0 N–H and O–H groups in total. The number of ether oxygens (including phenoxy) is 2. The molecule has 2 nitrogen and oxygen atoms in total. The third-order valence-electron chi connectivity index (χ3n) is 3.30. The van der Waals surface area contributed by atoms with Crippen molar-refractivity contribution in [1.82, 2.24) is 0 Å². The van der Waals surface area contributed by atoms with Gasteiger partial charge in [-0.05, 0) is 56.0 Å². The Hall–Kier alpha value is -1.96. The van der Waals surface area contributed by atoms with Crippen molar-refractivity contribution in [3.8, 4) is 11.5 Å². The minimum atomic E-state index is 0.747. The van der Waals surface area contributed by atoms with E-state index in [1.54, 1.807) is 0 Å². The van der Waals surface area contributed by atoms with Crippen LogP contribution in [0.3, 0.4) is 0 Å². The first-order valence-corrected chi connectivity index (χ1v) is 7.69. The summed E-state index contributed by atoms with van der Waals surface area (Å²) in [5.74, 6) is 1.90. The van der Waals surface area contributed by atoms with E-state index < -0.39 is 0 Å². The van der Waals surface area contributed by atoms with Crippen molar-refractivity contribution >= 4 is 0 Å². The molecule has 0 aromatic heterocycles. The van der Waals surface area contributed by atoms with E-state index in [1.807, 2.05) is 24.3 Å². The van der Waals surface area contributed by atoms with Crippen LogP contribution in [0.1, 0.15) is 30.9 Å². The molecule has 2 aromatic carbocycles. The Morgan fingerprint density at radius 2 is 1.33 bits per heavy atom. The van der Waals surface area contributed by atoms with Gasteiger partial charge in [-0.25, -0.2) is 0 Å². The molecule has 2 rings (SSSR count). The quantitative estimate of drug-likeness (QED) is 0.648. The molecule has 21 heavy (non-hydrogen) atoms. The molecule has 0 fully saturated rings. The van der Waals surface area contributed by atoms with E-state index in [0.717, 1.165) is 44.0 Å². The Labute approximate surface area is 127 Å². The zero-order valence-corrected chi connectivity index (χ0v) is 13.0. The summed E-state index contributed by atoms with van der Waals surface area (Å²) in [4.78, 5) is 0. The van der Waals surface area contributed by atoms with Crippen LogP contribution >= 0.6 is 0 Å². The predicted molar refractivity (Wildman–Crippen MR) is 87.2 cm³/mol. The van der Waals surface area contributed by atoms with Crippen LogP contribution < -0.4 is 9.47 Å². The fourth-order valence-electron chi connectivity index (χ4n) is 2.07. The maximum absolute atomic E-state index is 5.73. The first kappa shape index (κ1) is 15.4. The Kier molecular flexibility index (Phi) is 6.14. The van der Waals surface area contributed by atoms with Crippen molar-refractivity contribution in [2.75, 3.05) is 13.2 Å². The highest BCUT2D eigenvalue weighted by Gasteiger charge is 1.97. The number of hydrogen-bond donors (Lipinski definition) is 0. The number of rotatable bonds is 8. The fourth-order valence-corrected chi connectivity index (χ4v) is 2.07. The van der Waals surface area contributed by atoms with E-state index in [2.05, 4.69) is 38.1 Å². The zero-order chi connectivity index (χ0) is 14.9. The molecule has 0 atom stereocenters. The van der Waals surface area contributed by atoms with Gasteiger partial charge in [0.1, 0.15) is 11.5 Å². The van der Waals surface area contributed by atoms with Crippen molar-refractivity contribution in [1.29, 1.82) is 0 Å². The molecule has 0 spiro atoms. The van der Waals surface area contributed by atoms with E-state index in [-0.39, 0.29) is 0 Å². The van der Waals surface area contributed by atoms with Crippen molar-refractivity contribution in [2.24, 2.45) is 0 Å². The molecule has 0 aliphatic heterocycles. The second-order valence-electron chi connectivity index (χ2n) is 5.26. The number of benzene rings is 2. The lowest BCUT2D eigenvalue weighted by Gasteiger charge is -2.08. The largest absolute Gasteiger partial charge is 0.494 e. The fraction of sp³-hybridized carbons (Fsp3) is 0.368. The molecule has 0 bridgehead atoms. The first-order chi connectivity index (χ1) is 10.3. The van der Waals surface area contributed by atoms with Crippen molar-refractivity contribution in [2.45, 2.75) is 33.1 Å². The Bertz CT molecular complexity index is 514. The van der Waals surface area contributed by atoms with Crippen LogP contribution in [-0.2, 0) is 6.42 Å². The van der Waals surface area contributed by atoms with Gasteiger partial charge >= 0.3 is 0 Å². The third-order valence-corrected chi connectivity index (χ3v) is 3.30. The molecule has 112 valence electrons. The Morgan fingerprint density at radius 3 is 1.95 bits per heavy atom. The first-order valence-electron chi connectivity index (χ1n) is 7.69. The van der Waals surface area contributed by atoms with Gasteiger partial charge < -0.3 is 9.47 Å². The van der Waals surface area contributed by atoms with Crippen LogP contribution in [0.2, 0.25) is 0 Å². The normalized spacial score (nSPS) is 10.4.